The van der Waals surface area contributed by atoms with Crippen LogP contribution in [0.15, 0.2) is 53.1 Å². The lowest BCUT2D eigenvalue weighted by Crippen LogP contribution is -2.46. The van der Waals surface area contributed by atoms with E-state index in [1.807, 2.05) is 6.07 Å². The number of fused-ring (bicyclic) bond motifs is 1. The summed E-state index contributed by atoms with van der Waals surface area (Å²) in [6.45, 7) is 2.01. The van der Waals surface area contributed by atoms with Crippen molar-refractivity contribution in [1.29, 1.82) is 0 Å². The molecule has 2 N–H and O–H groups in total. The highest BCUT2D eigenvalue weighted by molar-refractivity contribution is 7.16. The molecule has 0 aliphatic heterocycles. The van der Waals surface area contributed by atoms with Gasteiger partial charge in [-0.05, 0) is 50.3 Å². The number of benzene rings is 1. The second kappa shape index (κ2) is 9.82. The fourth-order valence-electron chi connectivity index (χ4n) is 3.76. The number of nitrogens with one attached hydrogen (secondary N) is 2. The van der Waals surface area contributed by atoms with Crippen LogP contribution in [0.4, 0.5) is 5.00 Å². The van der Waals surface area contributed by atoms with E-state index in [1.54, 1.807) is 37.3 Å². The van der Waals surface area contributed by atoms with E-state index >= 15 is 0 Å². The van der Waals surface area contributed by atoms with Gasteiger partial charge in [-0.15, -0.1) is 11.3 Å². The number of esters is 1. The van der Waals surface area contributed by atoms with Crippen molar-refractivity contribution in [2.45, 2.75) is 38.8 Å². The largest absolute Gasteiger partial charge is 0.462 e. The molecule has 7 nitrogen and oxygen atoms in total. The SMILES string of the molecule is CCOC(=O)c1c(N[C@@H](NC(=O)c2ccco2)C(=O)c2ccccc2)sc2c1CCCC2. The van der Waals surface area contributed by atoms with Crippen molar-refractivity contribution < 1.29 is 23.5 Å². The number of hydrogen-bond acceptors (Lipinski definition) is 7. The average Bonchev–Trinajstić information content (AvgIpc) is 3.47. The Morgan fingerprint density at radius 1 is 1.09 bits per heavy atom. The van der Waals surface area contributed by atoms with E-state index in [9.17, 15) is 14.4 Å². The molecule has 0 fully saturated rings. The minimum atomic E-state index is -1.09. The zero-order chi connectivity index (χ0) is 22.5. The van der Waals surface area contributed by atoms with Crippen LogP contribution in [0.5, 0.6) is 0 Å². The molecule has 0 radical (unpaired) electrons. The maximum Gasteiger partial charge on any atom is 0.341 e. The Kier molecular flexibility index (Phi) is 6.70. The minimum Gasteiger partial charge on any atom is -0.462 e. The summed E-state index contributed by atoms with van der Waals surface area (Å²) >= 11 is 1.44. The lowest BCUT2D eigenvalue weighted by molar-refractivity contribution is 0.0526. The lowest BCUT2D eigenvalue weighted by atomic mass is 9.95. The van der Waals surface area contributed by atoms with Crippen LogP contribution in [-0.2, 0) is 17.6 Å². The molecule has 166 valence electrons. The number of ketones is 1. The predicted molar refractivity (Wildman–Crippen MR) is 121 cm³/mol. The molecule has 1 atom stereocenters. The first kappa shape index (κ1) is 21.8. The predicted octanol–water partition coefficient (Wildman–Crippen LogP) is 4.45. The summed E-state index contributed by atoms with van der Waals surface area (Å²) in [6.07, 6.45) is 4.02. The minimum absolute atomic E-state index is 0.0914. The van der Waals surface area contributed by atoms with Gasteiger partial charge in [-0.2, -0.15) is 0 Å². The van der Waals surface area contributed by atoms with Crippen LogP contribution in [0.3, 0.4) is 0 Å². The number of amides is 1. The molecule has 0 unspecified atom stereocenters. The third-order valence-corrected chi connectivity index (χ3v) is 6.49. The summed E-state index contributed by atoms with van der Waals surface area (Å²) in [5.41, 5.74) is 1.87. The van der Waals surface area contributed by atoms with Gasteiger partial charge >= 0.3 is 5.97 Å². The second-order valence-corrected chi connectivity index (χ2v) is 8.50. The standard InChI is InChI=1S/C24H24N2O5S/c1-2-30-24(29)19-16-11-6-7-13-18(16)32-23(19)26-21(20(27)15-9-4-3-5-10-15)25-22(28)17-12-8-14-31-17/h3-5,8-10,12,14,21,26H,2,6-7,11,13H2,1H3,(H,25,28)/t21-/m1/s1. The third kappa shape index (κ3) is 4.60. The van der Waals surface area contributed by atoms with Crippen molar-refractivity contribution in [3.63, 3.8) is 0 Å². The van der Waals surface area contributed by atoms with Crippen molar-refractivity contribution >= 4 is 34.0 Å². The first-order valence-electron chi connectivity index (χ1n) is 10.6. The molecule has 1 aliphatic carbocycles. The van der Waals surface area contributed by atoms with Gasteiger partial charge in [-0.1, -0.05) is 30.3 Å². The summed E-state index contributed by atoms with van der Waals surface area (Å²) in [6, 6.07) is 11.8. The lowest BCUT2D eigenvalue weighted by Gasteiger charge is -2.20. The molecule has 2 heterocycles. The van der Waals surface area contributed by atoms with Gasteiger partial charge in [0.2, 0.25) is 5.78 Å². The highest BCUT2D eigenvalue weighted by Crippen LogP contribution is 2.39. The molecular formula is C24H24N2O5S. The summed E-state index contributed by atoms with van der Waals surface area (Å²) in [5, 5.41) is 6.37. The second-order valence-electron chi connectivity index (χ2n) is 7.39. The van der Waals surface area contributed by atoms with Crippen LogP contribution < -0.4 is 10.6 Å². The van der Waals surface area contributed by atoms with Crippen LogP contribution in [0.25, 0.3) is 0 Å². The molecule has 1 aliphatic rings. The Labute approximate surface area is 189 Å². The molecule has 8 heteroatoms. The molecule has 0 saturated carbocycles. The summed E-state index contributed by atoms with van der Waals surface area (Å²) < 4.78 is 10.5. The number of rotatable bonds is 8. The molecule has 4 rings (SSSR count). The smallest absolute Gasteiger partial charge is 0.341 e. The van der Waals surface area contributed by atoms with Crippen molar-refractivity contribution in [1.82, 2.24) is 5.32 Å². The van der Waals surface area contributed by atoms with Crippen LogP contribution in [0.2, 0.25) is 0 Å². The Bertz CT molecular complexity index is 1110. The van der Waals surface area contributed by atoms with Crippen molar-refractivity contribution in [3.05, 3.63) is 76.1 Å². The number of Topliss-reactive ketones (excluding diaryl/α,β-unsaturated/α-hetero) is 1. The number of carbonyl (C=O) groups is 3. The van der Waals surface area contributed by atoms with Gasteiger partial charge in [-0.25, -0.2) is 4.79 Å². The molecule has 0 bridgehead atoms. The highest BCUT2D eigenvalue weighted by Gasteiger charge is 2.30. The third-order valence-electron chi connectivity index (χ3n) is 5.27. The maximum absolute atomic E-state index is 13.3. The van der Waals surface area contributed by atoms with Gasteiger partial charge in [0.25, 0.3) is 5.91 Å². The Morgan fingerprint density at radius 3 is 2.59 bits per heavy atom. The van der Waals surface area contributed by atoms with Crippen molar-refractivity contribution in [2.75, 3.05) is 11.9 Å². The highest BCUT2D eigenvalue weighted by atomic mass is 32.1. The van der Waals surface area contributed by atoms with E-state index in [2.05, 4.69) is 10.6 Å². The van der Waals surface area contributed by atoms with Crippen molar-refractivity contribution in [3.8, 4) is 0 Å². The maximum atomic E-state index is 13.3. The Hall–Kier alpha value is -3.39. The quantitative estimate of drug-likeness (QED) is 0.298. The number of ether oxygens (including phenoxy) is 1. The van der Waals surface area contributed by atoms with Gasteiger partial charge in [-0.3, -0.25) is 9.59 Å². The zero-order valence-corrected chi connectivity index (χ0v) is 18.5. The van der Waals surface area contributed by atoms with Crippen molar-refractivity contribution in [2.24, 2.45) is 0 Å². The molecule has 0 spiro atoms. The zero-order valence-electron chi connectivity index (χ0n) is 17.7. The van der Waals surface area contributed by atoms with E-state index < -0.39 is 18.0 Å². The Morgan fingerprint density at radius 2 is 1.88 bits per heavy atom. The molecule has 1 amide bonds. The summed E-state index contributed by atoms with van der Waals surface area (Å²) in [5.74, 6) is -1.19. The van der Waals surface area contributed by atoms with Gasteiger partial charge in [0, 0.05) is 10.4 Å². The fraction of sp³-hybridized carbons (Fsp3) is 0.292. The molecule has 2 aromatic heterocycles. The van der Waals surface area contributed by atoms with Crippen LogP contribution in [0, 0.1) is 0 Å². The first-order chi connectivity index (χ1) is 15.6. The number of furan rings is 1. The molecule has 3 aromatic rings. The molecule has 1 aromatic carbocycles. The van der Waals surface area contributed by atoms with E-state index in [4.69, 9.17) is 9.15 Å². The molecule has 32 heavy (non-hydrogen) atoms. The van der Waals surface area contributed by atoms with E-state index in [0.29, 0.717) is 16.1 Å². The molecular weight excluding hydrogens is 428 g/mol. The molecule has 0 saturated heterocycles. The van der Waals surface area contributed by atoms with Crippen LogP contribution >= 0.6 is 11.3 Å². The summed E-state index contributed by atoms with van der Waals surface area (Å²) in [7, 11) is 0. The van der Waals surface area contributed by atoms with Gasteiger partial charge in [0.05, 0.1) is 18.4 Å². The number of aryl methyl sites for hydroxylation is 1. The van der Waals surface area contributed by atoms with Gasteiger partial charge < -0.3 is 19.8 Å². The van der Waals surface area contributed by atoms with E-state index in [0.717, 1.165) is 36.1 Å². The van der Waals surface area contributed by atoms with Crippen LogP contribution in [-0.4, -0.2) is 30.4 Å². The normalized spacial score (nSPS) is 13.7. The monoisotopic (exact) mass is 452 g/mol. The average molecular weight is 453 g/mol. The number of carbonyl (C=O) groups excluding carboxylic acids is 3. The number of hydrogen-bond donors (Lipinski definition) is 2. The first-order valence-corrected chi connectivity index (χ1v) is 11.4. The van der Waals surface area contributed by atoms with Gasteiger partial charge in [0.15, 0.2) is 11.9 Å². The van der Waals surface area contributed by atoms with E-state index in [1.165, 1.54) is 23.7 Å². The van der Waals surface area contributed by atoms with Crippen LogP contribution in [0.1, 0.15) is 61.5 Å². The number of thiophene rings is 1. The van der Waals surface area contributed by atoms with E-state index in [-0.39, 0.29) is 18.2 Å². The summed E-state index contributed by atoms with van der Waals surface area (Å²) in [4.78, 5) is 39.9. The number of anilines is 1. The Balaban J connectivity index is 1.69. The van der Waals surface area contributed by atoms with Gasteiger partial charge in [0.1, 0.15) is 5.00 Å². The fourth-order valence-corrected chi connectivity index (χ4v) is 5.07. The topological polar surface area (TPSA) is 97.6 Å².